The van der Waals surface area contributed by atoms with E-state index in [-0.39, 0.29) is 12.1 Å². The van der Waals surface area contributed by atoms with Crippen LogP contribution in [0.15, 0.2) is 60.7 Å². The lowest BCUT2D eigenvalue weighted by Gasteiger charge is -2.37. The van der Waals surface area contributed by atoms with E-state index in [2.05, 4.69) is 20.8 Å². The van der Waals surface area contributed by atoms with Crippen LogP contribution in [0.1, 0.15) is 57.3 Å². The van der Waals surface area contributed by atoms with E-state index in [0.29, 0.717) is 24.2 Å². The van der Waals surface area contributed by atoms with Gasteiger partial charge in [0.25, 0.3) is 0 Å². The second-order valence-electron chi connectivity index (χ2n) is 8.95. The summed E-state index contributed by atoms with van der Waals surface area (Å²) in [5, 5.41) is 11.1. The van der Waals surface area contributed by atoms with Gasteiger partial charge >= 0.3 is 5.97 Å². The Balaban J connectivity index is 1.81. The average Bonchev–Trinajstić information content (AvgIpc) is 2.72. The lowest BCUT2D eigenvalue weighted by molar-refractivity contribution is -0.165. The maximum absolute atomic E-state index is 13.3. The number of benzene rings is 2. The van der Waals surface area contributed by atoms with Crippen molar-refractivity contribution in [3.63, 3.8) is 0 Å². The molecule has 3 nitrogen and oxygen atoms in total. The summed E-state index contributed by atoms with van der Waals surface area (Å²) in [4.78, 5) is 13.3. The Labute approximate surface area is 175 Å². The second-order valence-corrected chi connectivity index (χ2v) is 8.95. The standard InChI is InChI=1S/C26H34O3/c1-18(2)22-15-14-19(3)16-24(22)29-26(28)23(17-20-10-6-4-7-11-20)25(27)21-12-8-5-9-13-21/h4-13,18-19,22-25,27H,14-17H2,1-3H3/t19-,22+,23?,24-,25?/m1/s1. The van der Waals surface area contributed by atoms with Crippen molar-refractivity contribution in [2.45, 2.75) is 58.7 Å². The summed E-state index contributed by atoms with van der Waals surface area (Å²) in [7, 11) is 0. The minimum atomic E-state index is -0.887. The molecule has 1 aliphatic rings. The highest BCUT2D eigenvalue weighted by atomic mass is 16.5. The third-order valence-electron chi connectivity index (χ3n) is 6.35. The molecule has 2 aromatic rings. The Morgan fingerprint density at radius 1 is 1.03 bits per heavy atom. The highest BCUT2D eigenvalue weighted by molar-refractivity contribution is 5.74. The normalized spacial score (nSPS) is 24.1. The molecule has 0 amide bonds. The minimum Gasteiger partial charge on any atom is -0.462 e. The first-order valence-corrected chi connectivity index (χ1v) is 10.9. The summed E-state index contributed by atoms with van der Waals surface area (Å²) < 4.78 is 6.11. The van der Waals surface area contributed by atoms with Gasteiger partial charge in [-0.05, 0) is 48.1 Å². The molecule has 0 saturated heterocycles. The van der Waals surface area contributed by atoms with Gasteiger partial charge in [-0.25, -0.2) is 0 Å². The smallest absolute Gasteiger partial charge is 0.312 e. The fourth-order valence-electron chi connectivity index (χ4n) is 4.56. The van der Waals surface area contributed by atoms with E-state index < -0.39 is 12.0 Å². The molecule has 0 aromatic heterocycles. The van der Waals surface area contributed by atoms with Crippen molar-refractivity contribution in [1.82, 2.24) is 0 Å². The van der Waals surface area contributed by atoms with Crippen molar-refractivity contribution in [3.8, 4) is 0 Å². The summed E-state index contributed by atoms with van der Waals surface area (Å²) in [6.07, 6.45) is 2.71. The molecule has 1 N–H and O–H groups in total. The van der Waals surface area contributed by atoms with Gasteiger partial charge in [-0.15, -0.1) is 0 Å². The molecule has 3 heteroatoms. The molecule has 1 aliphatic carbocycles. The van der Waals surface area contributed by atoms with Crippen molar-refractivity contribution in [3.05, 3.63) is 71.8 Å². The quantitative estimate of drug-likeness (QED) is 0.623. The average molecular weight is 395 g/mol. The van der Waals surface area contributed by atoms with Gasteiger partial charge in [0.2, 0.25) is 0 Å². The van der Waals surface area contributed by atoms with Crippen LogP contribution < -0.4 is 0 Å². The molecule has 1 saturated carbocycles. The van der Waals surface area contributed by atoms with E-state index >= 15 is 0 Å². The first-order chi connectivity index (χ1) is 14.0. The fourth-order valence-corrected chi connectivity index (χ4v) is 4.56. The van der Waals surface area contributed by atoms with E-state index in [4.69, 9.17) is 4.74 Å². The molecular formula is C26H34O3. The summed E-state index contributed by atoms with van der Waals surface area (Å²) in [5.41, 5.74) is 1.78. The van der Waals surface area contributed by atoms with E-state index in [1.165, 1.54) is 6.42 Å². The van der Waals surface area contributed by atoms with Crippen molar-refractivity contribution < 1.29 is 14.6 Å². The van der Waals surface area contributed by atoms with Crippen LogP contribution in [0.5, 0.6) is 0 Å². The third kappa shape index (κ3) is 5.70. The van der Waals surface area contributed by atoms with Crippen LogP contribution in [0, 0.1) is 23.7 Å². The topological polar surface area (TPSA) is 46.5 Å². The Morgan fingerprint density at radius 3 is 2.28 bits per heavy atom. The van der Waals surface area contributed by atoms with Gasteiger partial charge in [0.05, 0.1) is 12.0 Å². The van der Waals surface area contributed by atoms with Crippen LogP contribution in [-0.2, 0) is 16.0 Å². The van der Waals surface area contributed by atoms with Crippen molar-refractivity contribution in [2.75, 3.05) is 0 Å². The molecular weight excluding hydrogens is 360 g/mol. The molecule has 156 valence electrons. The van der Waals surface area contributed by atoms with Crippen LogP contribution in [0.25, 0.3) is 0 Å². The monoisotopic (exact) mass is 394 g/mol. The molecule has 3 rings (SSSR count). The number of aliphatic hydroxyl groups is 1. The van der Waals surface area contributed by atoms with Crippen molar-refractivity contribution >= 4 is 5.97 Å². The Bertz CT molecular complexity index is 756. The Morgan fingerprint density at radius 2 is 1.66 bits per heavy atom. The van der Waals surface area contributed by atoms with Gasteiger partial charge in [-0.2, -0.15) is 0 Å². The predicted octanol–water partition coefficient (Wildman–Crippen LogP) is 5.58. The Hall–Kier alpha value is -2.13. The van der Waals surface area contributed by atoms with Gasteiger partial charge in [-0.1, -0.05) is 87.9 Å². The third-order valence-corrected chi connectivity index (χ3v) is 6.35. The number of carbonyl (C=O) groups is 1. The zero-order valence-electron chi connectivity index (χ0n) is 17.8. The molecule has 0 aliphatic heterocycles. The number of ether oxygens (including phenoxy) is 1. The van der Waals surface area contributed by atoms with E-state index in [1.807, 2.05) is 60.7 Å². The minimum absolute atomic E-state index is 0.0625. The van der Waals surface area contributed by atoms with Gasteiger partial charge in [-0.3, -0.25) is 4.79 Å². The SMILES string of the molecule is CC(C)[C@@H]1CC[C@@H](C)C[C@H]1OC(=O)C(Cc1ccccc1)C(O)c1ccccc1. The molecule has 29 heavy (non-hydrogen) atoms. The molecule has 0 heterocycles. The zero-order chi connectivity index (χ0) is 20.8. The number of hydrogen-bond acceptors (Lipinski definition) is 3. The van der Waals surface area contributed by atoms with Crippen LogP contribution in [0.2, 0.25) is 0 Å². The summed E-state index contributed by atoms with van der Waals surface area (Å²) in [5.74, 6) is 0.530. The van der Waals surface area contributed by atoms with Gasteiger partial charge < -0.3 is 9.84 Å². The predicted molar refractivity (Wildman–Crippen MR) is 116 cm³/mol. The van der Waals surface area contributed by atoms with Gasteiger partial charge in [0.1, 0.15) is 6.10 Å². The number of aliphatic hydroxyl groups excluding tert-OH is 1. The van der Waals surface area contributed by atoms with Crippen molar-refractivity contribution in [1.29, 1.82) is 0 Å². The molecule has 0 bridgehead atoms. The lowest BCUT2D eigenvalue weighted by Crippen LogP contribution is -2.38. The number of rotatable bonds is 7. The first-order valence-electron chi connectivity index (χ1n) is 10.9. The molecule has 2 aromatic carbocycles. The maximum Gasteiger partial charge on any atom is 0.312 e. The van der Waals surface area contributed by atoms with Gasteiger partial charge in [0.15, 0.2) is 0 Å². The second kappa shape index (κ2) is 10.1. The van der Waals surface area contributed by atoms with Crippen LogP contribution in [0.4, 0.5) is 0 Å². The Kier molecular flexibility index (Phi) is 7.49. The van der Waals surface area contributed by atoms with E-state index in [9.17, 15) is 9.90 Å². The molecule has 2 unspecified atom stereocenters. The molecule has 5 atom stereocenters. The lowest BCUT2D eigenvalue weighted by atomic mass is 9.75. The first kappa shape index (κ1) is 21.6. The largest absolute Gasteiger partial charge is 0.462 e. The van der Waals surface area contributed by atoms with Gasteiger partial charge in [0, 0.05) is 0 Å². The molecule has 0 spiro atoms. The van der Waals surface area contributed by atoms with E-state index in [1.54, 1.807) is 0 Å². The highest BCUT2D eigenvalue weighted by Gasteiger charge is 2.37. The maximum atomic E-state index is 13.3. The van der Waals surface area contributed by atoms with Crippen LogP contribution in [0.3, 0.4) is 0 Å². The summed E-state index contributed by atoms with van der Waals surface area (Å²) >= 11 is 0. The number of carbonyl (C=O) groups excluding carboxylic acids is 1. The zero-order valence-corrected chi connectivity index (χ0v) is 17.8. The molecule has 1 fully saturated rings. The molecule has 0 radical (unpaired) electrons. The van der Waals surface area contributed by atoms with Crippen LogP contribution in [-0.4, -0.2) is 17.2 Å². The number of esters is 1. The van der Waals surface area contributed by atoms with E-state index in [0.717, 1.165) is 24.0 Å². The number of hydrogen-bond donors (Lipinski definition) is 1. The van der Waals surface area contributed by atoms with Crippen molar-refractivity contribution in [2.24, 2.45) is 23.7 Å². The van der Waals surface area contributed by atoms with Crippen LogP contribution >= 0.6 is 0 Å². The fraction of sp³-hybridized carbons (Fsp3) is 0.500. The summed E-state index contributed by atoms with van der Waals surface area (Å²) in [6, 6.07) is 19.3. The highest BCUT2D eigenvalue weighted by Crippen LogP contribution is 2.37. The summed E-state index contributed by atoms with van der Waals surface area (Å²) in [6.45, 7) is 6.65.